The van der Waals surface area contributed by atoms with Crippen molar-refractivity contribution in [2.24, 2.45) is 10.2 Å². The molecule has 0 amide bonds. The molecule has 0 fully saturated rings. The summed E-state index contributed by atoms with van der Waals surface area (Å²) < 4.78 is 11.0. The Labute approximate surface area is 230 Å². The molecule has 0 saturated heterocycles. The average molecular weight is 521 g/mol. The molecule has 38 heavy (non-hydrogen) atoms. The molecule has 5 heteroatoms. The van der Waals surface area contributed by atoms with E-state index >= 15 is 0 Å². The highest BCUT2D eigenvalue weighted by molar-refractivity contribution is 5.86. The number of unbranched alkanes of at least 4 members (excludes halogenated alkanes) is 11. The van der Waals surface area contributed by atoms with Crippen molar-refractivity contribution < 1.29 is 14.3 Å². The van der Waals surface area contributed by atoms with Crippen molar-refractivity contribution >= 4 is 17.3 Å². The molecule has 0 aromatic heterocycles. The van der Waals surface area contributed by atoms with E-state index in [0.29, 0.717) is 12.2 Å². The Balaban J connectivity index is 1.48. The molecule has 0 heterocycles. The van der Waals surface area contributed by atoms with Crippen LogP contribution in [0.15, 0.2) is 70.9 Å². The maximum Gasteiger partial charge on any atom is 0.333 e. The summed E-state index contributed by atoms with van der Waals surface area (Å²) in [5.74, 6) is 0.600. The highest BCUT2D eigenvalue weighted by Gasteiger charge is 2.02. The van der Waals surface area contributed by atoms with Gasteiger partial charge in [0.15, 0.2) is 0 Å². The molecule has 5 nitrogen and oxygen atoms in total. The Hall–Kier alpha value is -2.95. The number of aryl methyl sites for hydroxylation is 1. The van der Waals surface area contributed by atoms with Crippen LogP contribution < -0.4 is 4.74 Å². The number of hydrogen-bond acceptors (Lipinski definition) is 5. The second kappa shape index (κ2) is 20.1. The number of carbonyl (C=O) groups is 1. The van der Waals surface area contributed by atoms with E-state index in [-0.39, 0.29) is 5.97 Å². The summed E-state index contributed by atoms with van der Waals surface area (Å²) >= 11 is 0. The lowest BCUT2D eigenvalue weighted by Crippen LogP contribution is -2.05. The molecule has 2 aromatic rings. The summed E-state index contributed by atoms with van der Waals surface area (Å²) in [5, 5.41) is 8.73. The van der Waals surface area contributed by atoms with Crippen LogP contribution in [-0.4, -0.2) is 19.2 Å². The summed E-state index contributed by atoms with van der Waals surface area (Å²) in [6.07, 6.45) is 16.8. The fourth-order valence-corrected chi connectivity index (χ4v) is 4.13. The van der Waals surface area contributed by atoms with Crippen molar-refractivity contribution in [1.29, 1.82) is 0 Å². The van der Waals surface area contributed by atoms with Crippen LogP contribution in [0.25, 0.3) is 0 Å². The third-order valence-electron chi connectivity index (χ3n) is 6.51. The van der Waals surface area contributed by atoms with E-state index in [1.807, 2.05) is 36.4 Å². The van der Waals surface area contributed by atoms with Crippen LogP contribution in [-0.2, 0) is 16.0 Å². The Morgan fingerprint density at radius 1 is 0.684 bits per heavy atom. The van der Waals surface area contributed by atoms with Crippen LogP contribution in [0, 0.1) is 0 Å². The van der Waals surface area contributed by atoms with E-state index in [0.717, 1.165) is 49.4 Å². The first-order valence-electron chi connectivity index (χ1n) is 14.6. The standard InChI is InChI=1S/C33H48N2O3/c1-4-5-6-14-17-29-18-20-30(21-19-29)34-35-31-22-24-32(25-23-31)37-26-15-12-10-8-7-9-11-13-16-27-38-33(36)28(2)3/h18-25H,2,4-17,26-27H2,1,3H3. The van der Waals surface area contributed by atoms with Crippen LogP contribution >= 0.6 is 0 Å². The molecule has 0 radical (unpaired) electrons. The molecule has 0 saturated carbocycles. The summed E-state index contributed by atoms with van der Waals surface area (Å²) in [6, 6.07) is 16.2. The lowest BCUT2D eigenvalue weighted by molar-refractivity contribution is -0.139. The van der Waals surface area contributed by atoms with Gasteiger partial charge in [0.1, 0.15) is 5.75 Å². The van der Waals surface area contributed by atoms with Gasteiger partial charge in [-0.1, -0.05) is 89.8 Å². The quantitative estimate of drug-likeness (QED) is 0.0712. The first-order valence-corrected chi connectivity index (χ1v) is 14.6. The Morgan fingerprint density at radius 3 is 1.74 bits per heavy atom. The molecule has 0 spiro atoms. The predicted molar refractivity (Wildman–Crippen MR) is 158 cm³/mol. The number of benzene rings is 2. The maximum atomic E-state index is 11.3. The molecular formula is C33H48N2O3. The third kappa shape index (κ3) is 14.7. The van der Waals surface area contributed by atoms with E-state index in [2.05, 4.69) is 35.9 Å². The van der Waals surface area contributed by atoms with Gasteiger partial charge in [-0.3, -0.25) is 0 Å². The Bertz CT molecular complexity index is 936. The van der Waals surface area contributed by atoms with Gasteiger partial charge in [0.25, 0.3) is 0 Å². The first kappa shape index (κ1) is 31.3. The minimum absolute atomic E-state index is 0.280. The van der Waals surface area contributed by atoms with Gasteiger partial charge in [0.05, 0.1) is 24.6 Å². The monoisotopic (exact) mass is 520 g/mol. The molecular weight excluding hydrogens is 472 g/mol. The molecule has 0 atom stereocenters. The summed E-state index contributed by atoms with van der Waals surface area (Å²) in [7, 11) is 0. The summed E-state index contributed by atoms with van der Waals surface area (Å²) in [4.78, 5) is 11.3. The number of ether oxygens (including phenoxy) is 2. The van der Waals surface area contributed by atoms with E-state index in [4.69, 9.17) is 9.47 Å². The molecule has 0 bridgehead atoms. The van der Waals surface area contributed by atoms with Gasteiger partial charge in [0, 0.05) is 5.57 Å². The zero-order chi connectivity index (χ0) is 27.3. The van der Waals surface area contributed by atoms with Gasteiger partial charge >= 0.3 is 5.97 Å². The van der Waals surface area contributed by atoms with Gasteiger partial charge in [0.2, 0.25) is 0 Å². The highest BCUT2D eigenvalue weighted by Crippen LogP contribution is 2.22. The van der Waals surface area contributed by atoms with Crippen molar-refractivity contribution in [2.45, 2.75) is 104 Å². The van der Waals surface area contributed by atoms with Crippen molar-refractivity contribution in [2.75, 3.05) is 13.2 Å². The molecule has 0 aliphatic heterocycles. The normalized spacial score (nSPS) is 11.1. The number of rotatable bonds is 21. The maximum absolute atomic E-state index is 11.3. The van der Waals surface area contributed by atoms with Crippen LogP contribution in [0.1, 0.15) is 103 Å². The van der Waals surface area contributed by atoms with E-state index < -0.39 is 0 Å². The zero-order valence-corrected chi connectivity index (χ0v) is 23.8. The van der Waals surface area contributed by atoms with Gasteiger partial charge in [-0.05, 0) is 74.6 Å². The lowest BCUT2D eigenvalue weighted by Gasteiger charge is -2.06. The van der Waals surface area contributed by atoms with Crippen LogP contribution in [0.5, 0.6) is 5.75 Å². The van der Waals surface area contributed by atoms with Crippen molar-refractivity contribution in [3.8, 4) is 5.75 Å². The number of esters is 1. The van der Waals surface area contributed by atoms with Crippen molar-refractivity contribution in [3.05, 3.63) is 66.2 Å². The van der Waals surface area contributed by atoms with Crippen molar-refractivity contribution in [1.82, 2.24) is 0 Å². The molecule has 0 aliphatic carbocycles. The van der Waals surface area contributed by atoms with Gasteiger partial charge in [-0.25, -0.2) is 4.79 Å². The number of nitrogens with zero attached hydrogens (tertiary/aromatic N) is 2. The smallest absolute Gasteiger partial charge is 0.333 e. The topological polar surface area (TPSA) is 60.2 Å². The second-order valence-corrected chi connectivity index (χ2v) is 10.1. The summed E-state index contributed by atoms with van der Waals surface area (Å²) in [6.45, 7) is 8.76. The van der Waals surface area contributed by atoms with Gasteiger partial charge in [-0.2, -0.15) is 10.2 Å². The fourth-order valence-electron chi connectivity index (χ4n) is 4.13. The molecule has 2 aromatic carbocycles. The Morgan fingerprint density at radius 2 is 1.18 bits per heavy atom. The Kier molecular flexibility index (Phi) is 16.5. The van der Waals surface area contributed by atoms with Crippen LogP contribution in [0.2, 0.25) is 0 Å². The lowest BCUT2D eigenvalue weighted by atomic mass is 10.1. The largest absolute Gasteiger partial charge is 0.494 e. The third-order valence-corrected chi connectivity index (χ3v) is 6.51. The van der Waals surface area contributed by atoms with Gasteiger partial charge < -0.3 is 9.47 Å². The minimum atomic E-state index is -0.280. The molecule has 0 N–H and O–H groups in total. The van der Waals surface area contributed by atoms with Crippen LogP contribution in [0.4, 0.5) is 11.4 Å². The molecule has 208 valence electrons. The van der Waals surface area contributed by atoms with E-state index in [1.165, 1.54) is 69.8 Å². The van der Waals surface area contributed by atoms with Gasteiger partial charge in [-0.15, -0.1) is 0 Å². The molecule has 2 rings (SSSR count). The second-order valence-electron chi connectivity index (χ2n) is 10.1. The first-order chi connectivity index (χ1) is 18.6. The summed E-state index contributed by atoms with van der Waals surface area (Å²) in [5.41, 5.74) is 3.55. The minimum Gasteiger partial charge on any atom is -0.494 e. The molecule has 0 unspecified atom stereocenters. The van der Waals surface area contributed by atoms with E-state index in [1.54, 1.807) is 6.92 Å². The van der Waals surface area contributed by atoms with E-state index in [9.17, 15) is 4.79 Å². The predicted octanol–water partition coefficient (Wildman–Crippen LogP) is 10.2. The number of azo groups is 1. The highest BCUT2D eigenvalue weighted by atomic mass is 16.5. The fraction of sp³-hybridized carbons (Fsp3) is 0.545. The zero-order valence-electron chi connectivity index (χ0n) is 23.8. The number of hydrogen-bond donors (Lipinski definition) is 0. The number of carbonyl (C=O) groups excluding carboxylic acids is 1. The van der Waals surface area contributed by atoms with Crippen molar-refractivity contribution in [3.63, 3.8) is 0 Å². The SMILES string of the molecule is C=C(C)C(=O)OCCCCCCCCCCCOc1ccc(N=Nc2ccc(CCCCCC)cc2)cc1. The molecule has 0 aliphatic rings. The van der Waals surface area contributed by atoms with Crippen LogP contribution in [0.3, 0.4) is 0 Å². The average Bonchev–Trinajstić information content (AvgIpc) is 2.93.